The summed E-state index contributed by atoms with van der Waals surface area (Å²) in [5, 5.41) is 9.26. The minimum Gasteiger partial charge on any atom is -0.361 e. The molecule has 10 heteroatoms. The van der Waals surface area contributed by atoms with E-state index in [0.717, 1.165) is 47.8 Å². The molecule has 1 aliphatic rings. The van der Waals surface area contributed by atoms with Crippen LogP contribution in [0.4, 0.5) is 5.13 Å². The number of nitrogens with one attached hydrogen (secondary N) is 2. The molecule has 0 radical (unpaired) electrons. The molecule has 3 aromatic heterocycles. The third-order valence-corrected chi connectivity index (χ3v) is 7.05. The van der Waals surface area contributed by atoms with Crippen LogP contribution in [0.15, 0.2) is 41.2 Å². The Labute approximate surface area is 195 Å². The van der Waals surface area contributed by atoms with Crippen LogP contribution in [0.3, 0.4) is 0 Å². The zero-order chi connectivity index (χ0) is 22.8. The number of fused-ring (bicyclic) bond motifs is 1. The molecule has 1 unspecified atom stereocenters. The average molecular weight is 466 g/mol. The monoisotopic (exact) mass is 465 g/mol. The molecule has 0 spiro atoms. The van der Waals surface area contributed by atoms with Gasteiger partial charge in [-0.15, -0.1) is 0 Å². The van der Waals surface area contributed by atoms with E-state index in [9.17, 15) is 4.79 Å². The van der Waals surface area contributed by atoms with Gasteiger partial charge in [0.05, 0.1) is 12.2 Å². The molecule has 172 valence electrons. The van der Waals surface area contributed by atoms with Crippen molar-refractivity contribution in [2.45, 2.75) is 25.8 Å². The fourth-order valence-electron chi connectivity index (χ4n) is 4.02. The number of piperazine rings is 1. The smallest absolute Gasteiger partial charge is 0.263 e. The highest BCUT2D eigenvalue weighted by molar-refractivity contribution is 7.17. The zero-order valence-corrected chi connectivity index (χ0v) is 19.6. The van der Waals surface area contributed by atoms with Crippen molar-refractivity contribution in [2.24, 2.45) is 0 Å². The lowest BCUT2D eigenvalue weighted by Gasteiger charge is -2.32. The SMILES string of the molecule is CCc1nc(C(Cc2c[nH]c3ccccc23)NC(=O)c2cnc(N3CCN(C)CC3)s2)no1. The van der Waals surface area contributed by atoms with Crippen molar-refractivity contribution in [3.05, 3.63) is 58.8 Å². The van der Waals surface area contributed by atoms with Gasteiger partial charge in [0.2, 0.25) is 5.89 Å². The van der Waals surface area contributed by atoms with Gasteiger partial charge < -0.3 is 24.6 Å². The predicted molar refractivity (Wildman–Crippen MR) is 128 cm³/mol. The summed E-state index contributed by atoms with van der Waals surface area (Å²) in [6.07, 6.45) is 4.82. The van der Waals surface area contributed by atoms with Crippen molar-refractivity contribution in [1.29, 1.82) is 0 Å². The number of aromatic amines is 1. The molecule has 1 atom stereocenters. The fourth-order valence-corrected chi connectivity index (χ4v) is 4.89. The van der Waals surface area contributed by atoms with Crippen molar-refractivity contribution in [3.8, 4) is 0 Å². The molecule has 0 saturated carbocycles. The van der Waals surface area contributed by atoms with Gasteiger partial charge in [0.15, 0.2) is 11.0 Å². The number of H-pyrrole nitrogens is 1. The van der Waals surface area contributed by atoms with Crippen LogP contribution in [-0.2, 0) is 12.8 Å². The number of para-hydroxylation sites is 1. The molecule has 1 saturated heterocycles. The minimum absolute atomic E-state index is 0.180. The number of carbonyl (C=O) groups excluding carboxylic acids is 1. The van der Waals surface area contributed by atoms with Crippen molar-refractivity contribution in [1.82, 2.24) is 30.3 Å². The molecular weight excluding hydrogens is 438 g/mol. The highest BCUT2D eigenvalue weighted by Gasteiger charge is 2.25. The molecule has 2 N–H and O–H groups in total. The number of aromatic nitrogens is 4. The number of anilines is 1. The third kappa shape index (κ3) is 4.62. The van der Waals surface area contributed by atoms with Gasteiger partial charge >= 0.3 is 0 Å². The molecular formula is C23H27N7O2S. The Bertz CT molecular complexity index is 1240. The molecule has 0 bridgehead atoms. The van der Waals surface area contributed by atoms with Gasteiger partial charge in [-0.25, -0.2) is 4.98 Å². The second-order valence-electron chi connectivity index (χ2n) is 8.29. The van der Waals surface area contributed by atoms with Crippen molar-refractivity contribution in [3.63, 3.8) is 0 Å². The maximum Gasteiger partial charge on any atom is 0.263 e. The summed E-state index contributed by atoms with van der Waals surface area (Å²) in [7, 11) is 2.12. The number of aryl methyl sites for hydroxylation is 1. The second kappa shape index (κ2) is 9.32. The molecule has 9 nitrogen and oxygen atoms in total. The Balaban J connectivity index is 1.36. The van der Waals surface area contributed by atoms with Crippen LogP contribution in [0.1, 0.15) is 39.9 Å². The number of likely N-dealkylation sites (N-methyl/N-ethyl adjacent to an activating group) is 1. The number of thiazole rings is 1. The summed E-state index contributed by atoms with van der Waals surface area (Å²) in [6.45, 7) is 5.77. The lowest BCUT2D eigenvalue weighted by atomic mass is 10.0. The summed E-state index contributed by atoms with van der Waals surface area (Å²) in [5.74, 6) is 0.855. The topological polar surface area (TPSA) is 103 Å². The van der Waals surface area contributed by atoms with Gasteiger partial charge in [0, 0.05) is 56.1 Å². The number of carbonyl (C=O) groups is 1. The van der Waals surface area contributed by atoms with E-state index in [0.29, 0.717) is 29.4 Å². The van der Waals surface area contributed by atoms with E-state index in [1.807, 2.05) is 31.3 Å². The largest absolute Gasteiger partial charge is 0.361 e. The number of nitrogens with zero attached hydrogens (tertiary/aromatic N) is 5. The van der Waals surface area contributed by atoms with Gasteiger partial charge in [-0.05, 0) is 18.7 Å². The lowest BCUT2D eigenvalue weighted by Crippen LogP contribution is -2.44. The zero-order valence-electron chi connectivity index (χ0n) is 18.7. The Hall–Kier alpha value is -3.24. The number of hydrogen-bond acceptors (Lipinski definition) is 8. The van der Waals surface area contributed by atoms with Crippen LogP contribution < -0.4 is 10.2 Å². The predicted octanol–water partition coefficient (Wildman–Crippen LogP) is 3.04. The quantitative estimate of drug-likeness (QED) is 0.432. The van der Waals surface area contributed by atoms with Gasteiger partial charge in [0.1, 0.15) is 4.88 Å². The van der Waals surface area contributed by atoms with Crippen molar-refractivity contribution < 1.29 is 9.32 Å². The summed E-state index contributed by atoms with van der Waals surface area (Å²) in [6, 6.07) is 7.69. The van der Waals surface area contributed by atoms with E-state index >= 15 is 0 Å². The first-order valence-corrected chi connectivity index (χ1v) is 12.0. The normalized spacial score (nSPS) is 15.8. The van der Waals surface area contributed by atoms with E-state index in [-0.39, 0.29) is 5.91 Å². The van der Waals surface area contributed by atoms with Gasteiger partial charge in [0.25, 0.3) is 5.91 Å². The maximum absolute atomic E-state index is 13.2. The minimum atomic E-state index is -0.421. The van der Waals surface area contributed by atoms with Gasteiger partial charge in [-0.2, -0.15) is 4.98 Å². The molecule has 1 aromatic carbocycles. The van der Waals surface area contributed by atoms with E-state index in [2.05, 4.69) is 48.3 Å². The summed E-state index contributed by atoms with van der Waals surface area (Å²) in [4.78, 5) is 30.6. The third-order valence-electron chi connectivity index (χ3n) is 5.99. The lowest BCUT2D eigenvalue weighted by molar-refractivity contribution is 0.0938. The van der Waals surface area contributed by atoms with Crippen molar-refractivity contribution in [2.75, 3.05) is 38.1 Å². The van der Waals surface area contributed by atoms with Crippen LogP contribution in [0.25, 0.3) is 10.9 Å². The molecule has 4 aromatic rings. The van der Waals surface area contributed by atoms with Crippen LogP contribution in [0, 0.1) is 0 Å². The van der Waals surface area contributed by atoms with Gasteiger partial charge in [-0.3, -0.25) is 4.79 Å². The first-order valence-electron chi connectivity index (χ1n) is 11.2. The first kappa shape index (κ1) is 21.6. The number of amides is 1. The molecule has 4 heterocycles. The second-order valence-corrected chi connectivity index (χ2v) is 9.30. The molecule has 1 amide bonds. The van der Waals surface area contributed by atoms with Crippen molar-refractivity contribution >= 4 is 33.3 Å². The molecule has 33 heavy (non-hydrogen) atoms. The molecule has 5 rings (SSSR count). The van der Waals surface area contributed by atoms with Crippen LogP contribution in [-0.4, -0.2) is 64.1 Å². The Morgan fingerprint density at radius 3 is 2.88 bits per heavy atom. The number of benzene rings is 1. The van der Waals surface area contributed by atoms with Crippen LogP contribution in [0.5, 0.6) is 0 Å². The first-order chi connectivity index (χ1) is 16.1. The van der Waals surface area contributed by atoms with Crippen LogP contribution >= 0.6 is 11.3 Å². The van der Waals surface area contributed by atoms with E-state index < -0.39 is 6.04 Å². The van der Waals surface area contributed by atoms with E-state index in [1.165, 1.54) is 11.3 Å². The number of rotatable bonds is 7. The van der Waals surface area contributed by atoms with Crippen LogP contribution in [0.2, 0.25) is 0 Å². The molecule has 1 aliphatic heterocycles. The summed E-state index contributed by atoms with van der Waals surface area (Å²) < 4.78 is 5.34. The highest BCUT2D eigenvalue weighted by Crippen LogP contribution is 2.26. The Kier molecular flexibility index (Phi) is 6.10. The maximum atomic E-state index is 13.2. The van der Waals surface area contributed by atoms with E-state index in [4.69, 9.17) is 4.52 Å². The molecule has 0 aliphatic carbocycles. The number of hydrogen-bond donors (Lipinski definition) is 2. The average Bonchev–Trinajstić information content (AvgIpc) is 3.59. The fraction of sp³-hybridized carbons (Fsp3) is 0.391. The van der Waals surface area contributed by atoms with E-state index in [1.54, 1.807) is 6.20 Å². The summed E-state index contributed by atoms with van der Waals surface area (Å²) in [5.41, 5.74) is 2.14. The Morgan fingerprint density at radius 2 is 2.09 bits per heavy atom. The molecule has 1 fully saturated rings. The summed E-state index contributed by atoms with van der Waals surface area (Å²) >= 11 is 1.42. The highest BCUT2D eigenvalue weighted by atomic mass is 32.1. The standard InChI is InChI=1S/C23H27N7O2S/c1-3-20-27-21(28-32-20)18(12-15-13-24-17-7-5-4-6-16(15)17)26-22(31)19-14-25-23(33-19)30-10-8-29(2)9-11-30/h4-7,13-14,18,24H,3,8-12H2,1-2H3,(H,26,31). The van der Waals surface area contributed by atoms with Gasteiger partial charge in [-0.1, -0.05) is 41.6 Å². The Morgan fingerprint density at radius 1 is 1.27 bits per heavy atom.